The van der Waals surface area contributed by atoms with Crippen LogP contribution in [0.4, 0.5) is 0 Å². The average Bonchev–Trinajstić information content (AvgIpc) is 2.31. The zero-order chi connectivity index (χ0) is 8.97. The molecular weight excluding hydrogens is 152 g/mol. The Balaban J connectivity index is 2.51. The normalized spacial score (nSPS) is 10.5. The highest BCUT2D eigenvalue weighted by Gasteiger charge is 1.97. The van der Waals surface area contributed by atoms with E-state index in [0.29, 0.717) is 0 Å². The van der Waals surface area contributed by atoms with E-state index in [1.807, 2.05) is 11.6 Å². The van der Waals surface area contributed by atoms with Gasteiger partial charge in [0.2, 0.25) is 0 Å². The van der Waals surface area contributed by atoms with Crippen molar-refractivity contribution in [1.29, 1.82) is 0 Å². The fourth-order valence-electron chi connectivity index (χ4n) is 1.27. The fourth-order valence-corrected chi connectivity index (χ4v) is 1.27. The molecule has 0 fully saturated rings. The number of aromatic nitrogens is 2. The lowest BCUT2D eigenvalue weighted by Crippen LogP contribution is -2.06. The molecule has 0 aliphatic rings. The molecule has 0 aromatic carbocycles. The Hall–Kier alpha value is -0.990. The molecule has 0 atom stereocenters. The lowest BCUT2D eigenvalue weighted by atomic mass is 10.2. The van der Waals surface area contributed by atoms with Crippen LogP contribution in [-0.2, 0) is 6.54 Å². The maximum atomic E-state index is 10.9. The van der Waals surface area contributed by atoms with E-state index in [1.54, 1.807) is 6.07 Å². The molecule has 0 aliphatic heterocycles. The molecule has 0 saturated heterocycles. The molecule has 1 N–H and O–H groups in total. The number of hydrogen-bond donors (Lipinski definition) is 1. The summed E-state index contributed by atoms with van der Waals surface area (Å²) < 4.78 is 1.91. The highest BCUT2D eigenvalue weighted by molar-refractivity contribution is 4.96. The Morgan fingerprint density at radius 1 is 1.50 bits per heavy atom. The molecule has 1 aromatic heterocycles. The van der Waals surface area contributed by atoms with Gasteiger partial charge >= 0.3 is 0 Å². The summed E-state index contributed by atoms with van der Waals surface area (Å²) in [4.78, 5) is 10.9. The predicted octanol–water partition coefficient (Wildman–Crippen LogP) is 1.68. The van der Waals surface area contributed by atoms with Crippen LogP contribution in [0.3, 0.4) is 0 Å². The van der Waals surface area contributed by atoms with E-state index in [2.05, 4.69) is 12.0 Å². The second kappa shape index (κ2) is 4.14. The fraction of sp³-hybridized carbons (Fsp3) is 0.667. The zero-order valence-corrected chi connectivity index (χ0v) is 7.76. The third-order valence-electron chi connectivity index (χ3n) is 2.00. The van der Waals surface area contributed by atoms with Crippen LogP contribution in [0.2, 0.25) is 0 Å². The summed E-state index contributed by atoms with van der Waals surface area (Å²) in [7, 11) is 0. The molecule has 0 aliphatic carbocycles. The van der Waals surface area contributed by atoms with Crippen molar-refractivity contribution in [3.05, 3.63) is 22.1 Å². The van der Waals surface area contributed by atoms with Crippen LogP contribution >= 0.6 is 0 Å². The molecule has 0 unspecified atom stereocenters. The van der Waals surface area contributed by atoms with Crippen molar-refractivity contribution in [3.8, 4) is 0 Å². The van der Waals surface area contributed by atoms with E-state index in [-0.39, 0.29) is 5.56 Å². The number of H-pyrrole nitrogens is 1. The van der Waals surface area contributed by atoms with Crippen LogP contribution in [0, 0.1) is 6.92 Å². The van der Waals surface area contributed by atoms with Gasteiger partial charge in [0.05, 0.1) is 0 Å². The Kier molecular flexibility index (Phi) is 3.14. The topological polar surface area (TPSA) is 37.8 Å². The van der Waals surface area contributed by atoms with Crippen molar-refractivity contribution in [1.82, 2.24) is 9.78 Å². The van der Waals surface area contributed by atoms with Crippen LogP contribution in [0.25, 0.3) is 0 Å². The van der Waals surface area contributed by atoms with Gasteiger partial charge in [-0.25, -0.2) is 0 Å². The van der Waals surface area contributed by atoms with Crippen LogP contribution in [-0.4, -0.2) is 9.78 Å². The van der Waals surface area contributed by atoms with Gasteiger partial charge in [0.1, 0.15) is 0 Å². The van der Waals surface area contributed by atoms with E-state index in [9.17, 15) is 4.79 Å². The largest absolute Gasteiger partial charge is 0.290 e. The smallest absolute Gasteiger partial charge is 0.264 e. The molecule has 68 valence electrons. The minimum Gasteiger partial charge on any atom is -0.290 e. The van der Waals surface area contributed by atoms with Gasteiger partial charge < -0.3 is 0 Å². The van der Waals surface area contributed by atoms with Crippen molar-refractivity contribution < 1.29 is 0 Å². The molecule has 0 spiro atoms. The third-order valence-corrected chi connectivity index (χ3v) is 2.00. The number of rotatable bonds is 4. The van der Waals surface area contributed by atoms with Gasteiger partial charge in [0, 0.05) is 18.3 Å². The molecular formula is C9H16N2O. The molecule has 12 heavy (non-hydrogen) atoms. The molecule has 3 nitrogen and oxygen atoms in total. The second-order valence-corrected chi connectivity index (χ2v) is 3.12. The summed E-state index contributed by atoms with van der Waals surface area (Å²) in [5.74, 6) is 0. The summed E-state index contributed by atoms with van der Waals surface area (Å²) >= 11 is 0. The molecule has 0 radical (unpaired) electrons. The molecule has 3 heteroatoms. The van der Waals surface area contributed by atoms with Crippen LogP contribution in [0.15, 0.2) is 10.9 Å². The Morgan fingerprint density at radius 3 is 2.75 bits per heavy atom. The predicted molar refractivity (Wildman–Crippen MR) is 49.3 cm³/mol. The Bertz CT molecular complexity index is 285. The first-order valence-electron chi connectivity index (χ1n) is 4.50. The second-order valence-electron chi connectivity index (χ2n) is 3.12. The lowest BCUT2D eigenvalue weighted by Gasteiger charge is -2.03. The van der Waals surface area contributed by atoms with Crippen molar-refractivity contribution in [2.75, 3.05) is 0 Å². The molecule has 1 heterocycles. The van der Waals surface area contributed by atoms with Crippen molar-refractivity contribution >= 4 is 0 Å². The molecule has 1 rings (SSSR count). The minimum absolute atomic E-state index is 0.00370. The third kappa shape index (κ3) is 2.26. The van der Waals surface area contributed by atoms with Crippen molar-refractivity contribution in [2.24, 2.45) is 0 Å². The quantitative estimate of drug-likeness (QED) is 0.682. The Morgan fingerprint density at radius 2 is 2.25 bits per heavy atom. The van der Waals surface area contributed by atoms with E-state index in [4.69, 9.17) is 0 Å². The van der Waals surface area contributed by atoms with Gasteiger partial charge in [-0.15, -0.1) is 0 Å². The monoisotopic (exact) mass is 168 g/mol. The average molecular weight is 168 g/mol. The van der Waals surface area contributed by atoms with Crippen LogP contribution in [0.1, 0.15) is 31.9 Å². The maximum absolute atomic E-state index is 10.9. The number of nitrogens with one attached hydrogen (secondary N) is 1. The number of nitrogens with zero attached hydrogens (tertiary/aromatic N) is 1. The minimum atomic E-state index is 0.00370. The van der Waals surface area contributed by atoms with Gasteiger partial charge in [-0.2, -0.15) is 0 Å². The molecule has 0 amide bonds. The highest BCUT2D eigenvalue weighted by Crippen LogP contribution is 1.99. The van der Waals surface area contributed by atoms with E-state index < -0.39 is 0 Å². The Labute approximate surface area is 72.4 Å². The first kappa shape index (κ1) is 9.10. The SMILES string of the molecule is CCCCCn1[nH]c(=O)cc1C. The van der Waals surface area contributed by atoms with Crippen molar-refractivity contribution in [3.63, 3.8) is 0 Å². The summed E-state index contributed by atoms with van der Waals surface area (Å²) in [6, 6.07) is 1.63. The molecule has 0 saturated carbocycles. The first-order valence-corrected chi connectivity index (χ1v) is 4.50. The van der Waals surface area contributed by atoms with E-state index in [0.717, 1.165) is 18.7 Å². The molecule has 1 aromatic rings. The summed E-state index contributed by atoms with van der Waals surface area (Å²) in [5, 5.41) is 2.76. The maximum Gasteiger partial charge on any atom is 0.264 e. The summed E-state index contributed by atoms with van der Waals surface area (Å²) in [5.41, 5.74) is 1.03. The van der Waals surface area contributed by atoms with Crippen LogP contribution < -0.4 is 5.56 Å². The number of aryl methyl sites for hydroxylation is 2. The van der Waals surface area contributed by atoms with Gasteiger partial charge in [0.25, 0.3) is 5.56 Å². The van der Waals surface area contributed by atoms with Crippen molar-refractivity contribution in [2.45, 2.75) is 39.7 Å². The van der Waals surface area contributed by atoms with Crippen LogP contribution in [0.5, 0.6) is 0 Å². The highest BCUT2D eigenvalue weighted by atomic mass is 16.1. The summed E-state index contributed by atoms with van der Waals surface area (Å²) in [6.07, 6.45) is 3.58. The zero-order valence-electron chi connectivity index (χ0n) is 7.76. The summed E-state index contributed by atoms with van der Waals surface area (Å²) in [6.45, 7) is 5.05. The lowest BCUT2D eigenvalue weighted by molar-refractivity contribution is 0.539. The number of unbranched alkanes of at least 4 members (excludes halogenated alkanes) is 2. The first-order chi connectivity index (χ1) is 5.74. The van der Waals surface area contributed by atoms with Gasteiger partial charge in [0.15, 0.2) is 0 Å². The number of aromatic amines is 1. The van der Waals surface area contributed by atoms with Gasteiger partial charge in [-0.05, 0) is 13.3 Å². The standard InChI is InChI=1S/C9H16N2O/c1-3-4-5-6-11-8(2)7-9(12)10-11/h7H,3-6H2,1-2H3,(H,10,12). The van der Waals surface area contributed by atoms with Gasteiger partial charge in [-0.1, -0.05) is 19.8 Å². The number of hydrogen-bond acceptors (Lipinski definition) is 1. The van der Waals surface area contributed by atoms with E-state index >= 15 is 0 Å². The van der Waals surface area contributed by atoms with E-state index in [1.165, 1.54) is 12.8 Å². The molecule has 0 bridgehead atoms. The van der Waals surface area contributed by atoms with Gasteiger partial charge in [-0.3, -0.25) is 14.6 Å².